The van der Waals surface area contributed by atoms with Crippen LogP contribution in [-0.4, -0.2) is 29.9 Å². The maximum atomic E-state index is 12.0. The number of hydrogen-bond donors (Lipinski definition) is 1. The summed E-state index contributed by atoms with van der Waals surface area (Å²) in [4.78, 5) is 18.0. The zero-order chi connectivity index (χ0) is 15.4. The number of anilines is 1. The van der Waals surface area contributed by atoms with Gasteiger partial charge < -0.3 is 10.2 Å². The predicted molar refractivity (Wildman–Crippen MR) is 85.5 cm³/mol. The molecule has 0 saturated carbocycles. The summed E-state index contributed by atoms with van der Waals surface area (Å²) in [6, 6.07) is 11.7. The number of amides is 1. The SMILES string of the molecule is Cc1ccc(C(=O)N(C)C)cc1NC(C)c1ccccn1. The Morgan fingerprint density at radius 3 is 2.62 bits per heavy atom. The quantitative estimate of drug-likeness (QED) is 0.936. The summed E-state index contributed by atoms with van der Waals surface area (Å²) in [6.07, 6.45) is 1.78. The van der Waals surface area contributed by atoms with E-state index in [1.54, 1.807) is 25.2 Å². The molecule has 1 unspecified atom stereocenters. The number of aryl methyl sites for hydroxylation is 1. The molecule has 4 nitrogen and oxygen atoms in total. The van der Waals surface area contributed by atoms with Gasteiger partial charge in [-0.05, 0) is 43.7 Å². The topological polar surface area (TPSA) is 45.2 Å². The van der Waals surface area contributed by atoms with Gasteiger partial charge in [0, 0.05) is 31.5 Å². The molecular weight excluding hydrogens is 262 g/mol. The first-order valence-electron chi connectivity index (χ1n) is 6.99. The van der Waals surface area contributed by atoms with E-state index >= 15 is 0 Å². The van der Waals surface area contributed by atoms with Crippen LogP contribution in [0.5, 0.6) is 0 Å². The van der Waals surface area contributed by atoms with Crippen LogP contribution in [0.2, 0.25) is 0 Å². The van der Waals surface area contributed by atoms with E-state index in [2.05, 4.69) is 17.2 Å². The first-order chi connectivity index (χ1) is 9.99. The minimum absolute atomic E-state index is 0.00328. The molecule has 2 rings (SSSR count). The van der Waals surface area contributed by atoms with Crippen molar-refractivity contribution >= 4 is 11.6 Å². The average molecular weight is 283 g/mol. The Hall–Kier alpha value is -2.36. The lowest BCUT2D eigenvalue weighted by Crippen LogP contribution is -2.22. The second-order valence-corrected chi connectivity index (χ2v) is 5.35. The fourth-order valence-corrected chi connectivity index (χ4v) is 2.11. The summed E-state index contributed by atoms with van der Waals surface area (Å²) in [6.45, 7) is 4.08. The number of carbonyl (C=O) groups is 1. The molecule has 1 N–H and O–H groups in total. The Morgan fingerprint density at radius 2 is 2.00 bits per heavy atom. The van der Waals surface area contributed by atoms with Gasteiger partial charge in [-0.3, -0.25) is 9.78 Å². The number of rotatable bonds is 4. The number of nitrogens with zero attached hydrogens (tertiary/aromatic N) is 2. The van der Waals surface area contributed by atoms with Crippen LogP contribution in [0.3, 0.4) is 0 Å². The highest BCUT2D eigenvalue weighted by molar-refractivity contribution is 5.95. The minimum atomic E-state index is 0.00328. The molecule has 0 aliphatic rings. The number of carbonyl (C=O) groups excluding carboxylic acids is 1. The number of aromatic nitrogens is 1. The minimum Gasteiger partial charge on any atom is -0.377 e. The van der Waals surface area contributed by atoms with Crippen LogP contribution >= 0.6 is 0 Å². The third-order valence-corrected chi connectivity index (χ3v) is 3.39. The van der Waals surface area contributed by atoms with E-state index in [1.807, 2.05) is 43.3 Å². The second kappa shape index (κ2) is 6.39. The van der Waals surface area contributed by atoms with E-state index in [4.69, 9.17) is 0 Å². The Balaban J connectivity index is 2.23. The van der Waals surface area contributed by atoms with Crippen molar-refractivity contribution in [1.82, 2.24) is 9.88 Å². The molecule has 0 aliphatic carbocycles. The van der Waals surface area contributed by atoms with Crippen LogP contribution in [0.4, 0.5) is 5.69 Å². The molecule has 0 bridgehead atoms. The molecule has 0 radical (unpaired) electrons. The molecule has 0 spiro atoms. The van der Waals surface area contributed by atoms with E-state index in [-0.39, 0.29) is 11.9 Å². The van der Waals surface area contributed by atoms with Crippen LogP contribution in [-0.2, 0) is 0 Å². The van der Waals surface area contributed by atoms with Crippen molar-refractivity contribution in [3.8, 4) is 0 Å². The smallest absolute Gasteiger partial charge is 0.253 e. The summed E-state index contributed by atoms with van der Waals surface area (Å²) < 4.78 is 0. The van der Waals surface area contributed by atoms with Gasteiger partial charge in [0.1, 0.15) is 0 Å². The lowest BCUT2D eigenvalue weighted by atomic mass is 10.1. The van der Waals surface area contributed by atoms with Crippen LogP contribution < -0.4 is 5.32 Å². The van der Waals surface area contributed by atoms with Crippen molar-refractivity contribution in [1.29, 1.82) is 0 Å². The lowest BCUT2D eigenvalue weighted by molar-refractivity contribution is 0.0827. The van der Waals surface area contributed by atoms with Gasteiger partial charge in [-0.25, -0.2) is 0 Å². The van der Waals surface area contributed by atoms with Gasteiger partial charge >= 0.3 is 0 Å². The highest BCUT2D eigenvalue weighted by Crippen LogP contribution is 2.22. The maximum absolute atomic E-state index is 12.0. The maximum Gasteiger partial charge on any atom is 0.253 e. The molecule has 1 amide bonds. The van der Waals surface area contributed by atoms with E-state index in [1.165, 1.54) is 0 Å². The van der Waals surface area contributed by atoms with Crippen molar-refractivity contribution in [3.05, 3.63) is 59.4 Å². The molecule has 2 aromatic rings. The Kier molecular flexibility index (Phi) is 4.58. The molecule has 21 heavy (non-hydrogen) atoms. The van der Waals surface area contributed by atoms with E-state index < -0.39 is 0 Å². The molecule has 0 fully saturated rings. The lowest BCUT2D eigenvalue weighted by Gasteiger charge is -2.18. The first-order valence-corrected chi connectivity index (χ1v) is 6.99. The van der Waals surface area contributed by atoms with Gasteiger partial charge in [-0.1, -0.05) is 12.1 Å². The van der Waals surface area contributed by atoms with Crippen LogP contribution in [0.25, 0.3) is 0 Å². The van der Waals surface area contributed by atoms with Crippen molar-refractivity contribution < 1.29 is 4.79 Å². The molecule has 1 atom stereocenters. The second-order valence-electron chi connectivity index (χ2n) is 5.35. The van der Waals surface area contributed by atoms with Gasteiger partial charge in [-0.15, -0.1) is 0 Å². The molecule has 0 saturated heterocycles. The molecule has 1 heterocycles. The third kappa shape index (κ3) is 3.60. The van der Waals surface area contributed by atoms with Crippen molar-refractivity contribution in [3.63, 3.8) is 0 Å². The highest BCUT2D eigenvalue weighted by Gasteiger charge is 2.12. The van der Waals surface area contributed by atoms with Gasteiger partial charge in [0.05, 0.1) is 11.7 Å². The Morgan fingerprint density at radius 1 is 1.24 bits per heavy atom. The zero-order valence-electron chi connectivity index (χ0n) is 12.9. The summed E-state index contributed by atoms with van der Waals surface area (Å²) in [5, 5.41) is 3.43. The van der Waals surface area contributed by atoms with Crippen LogP contribution in [0.15, 0.2) is 42.6 Å². The zero-order valence-corrected chi connectivity index (χ0v) is 12.9. The summed E-state index contributed by atoms with van der Waals surface area (Å²) >= 11 is 0. The van der Waals surface area contributed by atoms with Gasteiger partial charge in [0.15, 0.2) is 0 Å². The van der Waals surface area contributed by atoms with E-state index in [0.717, 1.165) is 16.9 Å². The summed E-state index contributed by atoms with van der Waals surface area (Å²) in [5.41, 5.74) is 3.72. The first kappa shape index (κ1) is 15.0. The average Bonchev–Trinajstić information content (AvgIpc) is 2.49. The molecule has 1 aromatic carbocycles. The fraction of sp³-hybridized carbons (Fsp3) is 0.294. The number of pyridine rings is 1. The normalized spacial score (nSPS) is 11.8. The third-order valence-electron chi connectivity index (χ3n) is 3.39. The predicted octanol–water partition coefficient (Wildman–Crippen LogP) is 3.26. The van der Waals surface area contributed by atoms with Crippen molar-refractivity contribution in [2.45, 2.75) is 19.9 Å². The van der Waals surface area contributed by atoms with Crippen molar-refractivity contribution in [2.75, 3.05) is 19.4 Å². The van der Waals surface area contributed by atoms with Crippen molar-refractivity contribution in [2.24, 2.45) is 0 Å². The highest BCUT2D eigenvalue weighted by atomic mass is 16.2. The molecule has 4 heteroatoms. The van der Waals surface area contributed by atoms with E-state index in [0.29, 0.717) is 5.56 Å². The number of benzene rings is 1. The van der Waals surface area contributed by atoms with Gasteiger partial charge in [0.2, 0.25) is 0 Å². The molecular formula is C17H21N3O. The fourth-order valence-electron chi connectivity index (χ4n) is 2.11. The molecule has 0 aliphatic heterocycles. The number of hydrogen-bond acceptors (Lipinski definition) is 3. The summed E-state index contributed by atoms with van der Waals surface area (Å²) in [5.74, 6) is 0.00328. The summed E-state index contributed by atoms with van der Waals surface area (Å²) in [7, 11) is 3.51. The van der Waals surface area contributed by atoms with Crippen LogP contribution in [0, 0.1) is 6.92 Å². The van der Waals surface area contributed by atoms with E-state index in [9.17, 15) is 4.79 Å². The Labute approximate surface area is 125 Å². The largest absolute Gasteiger partial charge is 0.377 e. The standard InChI is InChI=1S/C17H21N3O/c1-12-8-9-14(17(21)20(3)4)11-16(12)19-13(2)15-7-5-6-10-18-15/h5-11,13,19H,1-4H3. The monoisotopic (exact) mass is 283 g/mol. The Bertz CT molecular complexity index is 623. The molecule has 110 valence electrons. The number of nitrogens with one attached hydrogen (secondary N) is 1. The van der Waals surface area contributed by atoms with Crippen LogP contribution in [0.1, 0.15) is 34.6 Å². The molecule has 1 aromatic heterocycles. The van der Waals surface area contributed by atoms with Gasteiger partial charge in [0.25, 0.3) is 5.91 Å². The van der Waals surface area contributed by atoms with Gasteiger partial charge in [-0.2, -0.15) is 0 Å².